The first-order valence-corrected chi connectivity index (χ1v) is 10.2. The summed E-state index contributed by atoms with van der Waals surface area (Å²) in [6.45, 7) is 3.27. The third-order valence-electron chi connectivity index (χ3n) is 5.44. The molecule has 2 amide bonds. The van der Waals surface area contributed by atoms with Gasteiger partial charge in [0, 0.05) is 43.5 Å². The van der Waals surface area contributed by atoms with Gasteiger partial charge in [-0.1, -0.05) is 6.07 Å². The lowest BCUT2D eigenvalue weighted by Gasteiger charge is -2.33. The lowest BCUT2D eigenvalue weighted by Crippen LogP contribution is -2.40. The van der Waals surface area contributed by atoms with Crippen LogP contribution in [0.2, 0.25) is 0 Å². The Morgan fingerprint density at radius 3 is 2.86 bits per heavy atom. The van der Waals surface area contributed by atoms with E-state index in [2.05, 4.69) is 10.3 Å². The van der Waals surface area contributed by atoms with Crippen molar-refractivity contribution in [3.63, 3.8) is 0 Å². The predicted octanol–water partition coefficient (Wildman–Crippen LogP) is 4.12. The van der Waals surface area contributed by atoms with Crippen LogP contribution in [0.1, 0.15) is 43.4 Å². The van der Waals surface area contributed by atoms with Gasteiger partial charge in [0.05, 0.1) is 0 Å². The number of rotatable bonds is 7. The quantitative estimate of drug-likeness (QED) is 0.764. The van der Waals surface area contributed by atoms with Gasteiger partial charge in [0.15, 0.2) is 0 Å². The van der Waals surface area contributed by atoms with Crippen molar-refractivity contribution in [3.05, 3.63) is 59.7 Å². The van der Waals surface area contributed by atoms with Crippen molar-refractivity contribution >= 4 is 17.5 Å². The summed E-state index contributed by atoms with van der Waals surface area (Å²) in [4.78, 5) is 31.0. The number of aromatic nitrogens is 1. The van der Waals surface area contributed by atoms with Crippen LogP contribution in [0.15, 0.2) is 42.6 Å². The minimum Gasteiger partial charge on any atom is -0.342 e. The zero-order chi connectivity index (χ0) is 20.6. The minimum absolute atomic E-state index is 0.0710. The molecule has 2 aromatic rings. The molecule has 0 spiro atoms. The summed E-state index contributed by atoms with van der Waals surface area (Å²) in [5.74, 6) is 0.114. The maximum Gasteiger partial charge on any atom is 0.224 e. The predicted molar refractivity (Wildman–Crippen MR) is 111 cm³/mol. The number of amides is 2. The van der Waals surface area contributed by atoms with Crippen LogP contribution in [0.3, 0.4) is 0 Å². The Morgan fingerprint density at radius 1 is 1.24 bits per heavy atom. The molecule has 1 aromatic carbocycles. The van der Waals surface area contributed by atoms with Gasteiger partial charge in [0.25, 0.3) is 0 Å². The van der Waals surface area contributed by atoms with Crippen molar-refractivity contribution in [1.29, 1.82) is 0 Å². The third kappa shape index (κ3) is 6.38. The molecule has 3 rings (SSSR count). The smallest absolute Gasteiger partial charge is 0.224 e. The molecule has 5 nitrogen and oxygen atoms in total. The summed E-state index contributed by atoms with van der Waals surface area (Å²) in [5.41, 5.74) is 2.29. The number of hydrogen-bond acceptors (Lipinski definition) is 3. The molecule has 0 aliphatic carbocycles. The van der Waals surface area contributed by atoms with Gasteiger partial charge in [-0.25, -0.2) is 4.39 Å². The van der Waals surface area contributed by atoms with E-state index < -0.39 is 0 Å². The van der Waals surface area contributed by atoms with E-state index in [0.717, 1.165) is 31.5 Å². The molecule has 6 heteroatoms. The highest BCUT2D eigenvalue weighted by atomic mass is 19.1. The number of hydrogen-bond donors (Lipinski definition) is 1. The van der Waals surface area contributed by atoms with Crippen molar-refractivity contribution in [2.45, 2.75) is 45.4 Å². The Hall–Kier alpha value is -2.76. The zero-order valence-electron chi connectivity index (χ0n) is 16.9. The summed E-state index contributed by atoms with van der Waals surface area (Å²) in [5, 5.41) is 2.86. The molecular formula is C23H28FN3O2. The molecule has 1 aliphatic heterocycles. The molecule has 0 bridgehead atoms. The number of nitrogens with zero attached hydrogens (tertiary/aromatic N) is 2. The lowest BCUT2D eigenvalue weighted by molar-refractivity contribution is -0.133. The van der Waals surface area contributed by atoms with Crippen LogP contribution in [0.25, 0.3) is 0 Å². The largest absolute Gasteiger partial charge is 0.342 e. The monoisotopic (exact) mass is 397 g/mol. The zero-order valence-corrected chi connectivity index (χ0v) is 16.9. The van der Waals surface area contributed by atoms with Gasteiger partial charge in [0.1, 0.15) is 5.82 Å². The second-order valence-electron chi connectivity index (χ2n) is 7.72. The van der Waals surface area contributed by atoms with Crippen LogP contribution < -0.4 is 5.32 Å². The van der Waals surface area contributed by atoms with Crippen molar-refractivity contribution in [3.8, 4) is 0 Å². The van der Waals surface area contributed by atoms with Gasteiger partial charge < -0.3 is 10.2 Å². The van der Waals surface area contributed by atoms with Crippen LogP contribution in [-0.2, 0) is 16.0 Å². The normalized spacial score (nSPS) is 16.5. The summed E-state index contributed by atoms with van der Waals surface area (Å²) in [6.07, 6.45) is 6.02. The van der Waals surface area contributed by atoms with E-state index in [1.54, 1.807) is 19.2 Å². The fourth-order valence-electron chi connectivity index (χ4n) is 3.78. The Morgan fingerprint density at radius 2 is 2.10 bits per heavy atom. The highest BCUT2D eigenvalue weighted by molar-refractivity contribution is 5.91. The number of halogens is 1. The molecule has 1 aliphatic rings. The Kier molecular flexibility index (Phi) is 7.33. The van der Waals surface area contributed by atoms with E-state index in [4.69, 9.17) is 0 Å². The number of nitrogens with one attached hydrogen (secondary N) is 1. The van der Waals surface area contributed by atoms with Crippen LogP contribution in [0.4, 0.5) is 10.1 Å². The van der Waals surface area contributed by atoms with E-state index in [-0.39, 0.29) is 17.6 Å². The average molecular weight is 397 g/mol. The Bertz CT molecular complexity index is 841. The van der Waals surface area contributed by atoms with Gasteiger partial charge in [-0.05, 0) is 74.4 Å². The number of anilines is 1. The van der Waals surface area contributed by atoms with Crippen LogP contribution in [0, 0.1) is 18.7 Å². The summed E-state index contributed by atoms with van der Waals surface area (Å²) >= 11 is 0. The van der Waals surface area contributed by atoms with Crippen molar-refractivity contribution < 1.29 is 14.0 Å². The number of carbonyl (C=O) groups is 2. The molecule has 0 unspecified atom stereocenters. The SMILES string of the molecule is Cc1cc(F)ccc1NC(=O)CC[C@@H]1CCCN(C(=O)CCc2ccccn2)C1. The maximum atomic E-state index is 13.2. The molecule has 1 aromatic heterocycles. The van der Waals surface area contributed by atoms with E-state index in [9.17, 15) is 14.0 Å². The number of aryl methyl sites for hydroxylation is 2. The number of pyridine rings is 1. The average Bonchev–Trinajstić information content (AvgIpc) is 2.73. The first-order chi connectivity index (χ1) is 14.0. The van der Waals surface area contributed by atoms with Gasteiger partial charge in [-0.15, -0.1) is 0 Å². The van der Waals surface area contributed by atoms with Gasteiger partial charge >= 0.3 is 0 Å². The van der Waals surface area contributed by atoms with Crippen molar-refractivity contribution in [1.82, 2.24) is 9.88 Å². The highest BCUT2D eigenvalue weighted by Gasteiger charge is 2.24. The van der Waals surface area contributed by atoms with Crippen molar-refractivity contribution in [2.24, 2.45) is 5.92 Å². The first-order valence-electron chi connectivity index (χ1n) is 10.2. The highest BCUT2D eigenvalue weighted by Crippen LogP contribution is 2.23. The van der Waals surface area contributed by atoms with E-state index >= 15 is 0 Å². The van der Waals surface area contributed by atoms with Gasteiger partial charge in [0.2, 0.25) is 11.8 Å². The second-order valence-corrected chi connectivity index (χ2v) is 7.72. The first kappa shape index (κ1) is 21.0. The van der Waals surface area contributed by atoms with Gasteiger partial charge in [-0.3, -0.25) is 14.6 Å². The maximum absolute atomic E-state index is 13.2. The molecule has 1 saturated heterocycles. The molecule has 1 N–H and O–H groups in total. The van der Waals surface area contributed by atoms with Gasteiger partial charge in [-0.2, -0.15) is 0 Å². The Balaban J connectivity index is 1.43. The standard InChI is InChI=1S/C23H28FN3O2/c1-17-15-19(24)8-10-21(17)26-22(28)11-7-18-5-4-14-27(16-18)23(29)12-9-20-6-2-3-13-25-20/h2-3,6,8,10,13,15,18H,4-5,7,9,11-12,14,16H2,1H3,(H,26,28)/t18-/m0/s1. The second kappa shape index (κ2) is 10.1. The molecular weight excluding hydrogens is 369 g/mol. The molecule has 0 radical (unpaired) electrons. The molecule has 154 valence electrons. The van der Waals surface area contributed by atoms with Crippen LogP contribution >= 0.6 is 0 Å². The fourth-order valence-corrected chi connectivity index (χ4v) is 3.78. The number of benzene rings is 1. The fraction of sp³-hybridized carbons (Fsp3) is 0.435. The number of carbonyl (C=O) groups excluding carboxylic acids is 2. The van der Waals surface area contributed by atoms with Crippen LogP contribution in [-0.4, -0.2) is 34.8 Å². The van der Waals surface area contributed by atoms with E-state index in [1.807, 2.05) is 23.1 Å². The lowest BCUT2D eigenvalue weighted by atomic mass is 9.93. The van der Waals surface area contributed by atoms with E-state index in [0.29, 0.717) is 43.0 Å². The van der Waals surface area contributed by atoms with Crippen LogP contribution in [0.5, 0.6) is 0 Å². The third-order valence-corrected chi connectivity index (χ3v) is 5.44. The molecule has 1 fully saturated rings. The van der Waals surface area contributed by atoms with Crippen molar-refractivity contribution in [2.75, 3.05) is 18.4 Å². The minimum atomic E-state index is -0.310. The topological polar surface area (TPSA) is 62.3 Å². The Labute approximate surface area is 171 Å². The number of piperidine rings is 1. The summed E-state index contributed by atoms with van der Waals surface area (Å²) in [6, 6.07) is 10.1. The molecule has 2 heterocycles. The molecule has 1 atom stereocenters. The molecule has 0 saturated carbocycles. The molecule has 29 heavy (non-hydrogen) atoms. The summed E-state index contributed by atoms with van der Waals surface area (Å²) in [7, 11) is 0. The number of likely N-dealkylation sites (tertiary alicyclic amines) is 1. The van der Waals surface area contributed by atoms with E-state index in [1.165, 1.54) is 12.1 Å². The summed E-state index contributed by atoms with van der Waals surface area (Å²) < 4.78 is 13.2.